The van der Waals surface area contributed by atoms with Crippen LogP contribution in [0.4, 0.5) is 0 Å². The minimum absolute atomic E-state index is 0.0692. The van der Waals surface area contributed by atoms with Crippen LogP contribution in [0.3, 0.4) is 0 Å². The van der Waals surface area contributed by atoms with Gasteiger partial charge in [-0.1, -0.05) is 45.7 Å². The second-order valence-corrected chi connectivity index (χ2v) is 6.56. The summed E-state index contributed by atoms with van der Waals surface area (Å²) in [6.07, 6.45) is 0. The van der Waals surface area contributed by atoms with Crippen molar-refractivity contribution >= 4 is 54.2 Å². The van der Waals surface area contributed by atoms with Crippen molar-refractivity contribution in [1.29, 1.82) is 0 Å². The van der Waals surface area contributed by atoms with Gasteiger partial charge >= 0.3 is 0 Å². The van der Waals surface area contributed by atoms with E-state index in [2.05, 4.69) is 37.9 Å². The van der Waals surface area contributed by atoms with Crippen LogP contribution < -0.4 is 0 Å². The molecule has 0 aliphatic carbocycles. The summed E-state index contributed by atoms with van der Waals surface area (Å²) in [5.74, 6) is -0.0692. The zero-order valence-corrected chi connectivity index (χ0v) is 14.1. The molecule has 0 atom stereocenters. The van der Waals surface area contributed by atoms with Crippen molar-refractivity contribution in [2.45, 2.75) is 0 Å². The molecule has 1 nitrogen and oxygen atoms in total. The third-order valence-corrected chi connectivity index (χ3v) is 4.74. The smallest absolute Gasteiger partial charge is 0.193 e. The van der Waals surface area contributed by atoms with Crippen LogP contribution >= 0.6 is 43.5 Å². The number of benzene rings is 3. The molecule has 1 radical (unpaired) electrons. The monoisotopic (exact) mass is 409 g/mol. The zero-order valence-electron chi connectivity index (χ0n) is 10.2. The van der Waals surface area contributed by atoms with Gasteiger partial charge in [-0.05, 0) is 62.6 Å². The maximum absolute atomic E-state index is 11.8. The van der Waals surface area contributed by atoms with E-state index in [4.69, 9.17) is 11.6 Å². The molecule has 0 aliphatic heterocycles. The van der Waals surface area contributed by atoms with Gasteiger partial charge in [0.05, 0.1) is 4.47 Å². The highest BCUT2D eigenvalue weighted by molar-refractivity contribution is 9.11. The first-order valence-corrected chi connectivity index (χ1v) is 7.87. The molecule has 0 N–H and O–H groups in total. The predicted molar refractivity (Wildman–Crippen MR) is 89.9 cm³/mol. The fraction of sp³-hybridized carbons (Fsp3) is 0. The van der Waals surface area contributed by atoms with Crippen molar-refractivity contribution in [3.8, 4) is 16.9 Å². The average molecular weight is 412 g/mol. The van der Waals surface area contributed by atoms with E-state index in [0.717, 1.165) is 26.4 Å². The Hall–Kier alpha value is -1.03. The second kappa shape index (κ2) is 5.40. The van der Waals surface area contributed by atoms with Crippen LogP contribution in [-0.4, -0.2) is 0 Å². The van der Waals surface area contributed by atoms with Crippen LogP contribution in [0.1, 0.15) is 0 Å². The van der Waals surface area contributed by atoms with E-state index < -0.39 is 0 Å². The van der Waals surface area contributed by atoms with Crippen LogP contribution in [0.2, 0.25) is 5.02 Å². The molecule has 0 bridgehead atoms. The maximum Gasteiger partial charge on any atom is 0.193 e. The number of fused-ring (bicyclic) bond motifs is 1. The van der Waals surface area contributed by atoms with E-state index in [9.17, 15) is 5.11 Å². The first kappa shape index (κ1) is 13.9. The summed E-state index contributed by atoms with van der Waals surface area (Å²) in [6, 6.07) is 15.2. The van der Waals surface area contributed by atoms with E-state index in [0.29, 0.717) is 9.50 Å². The Morgan fingerprint density at radius 1 is 0.850 bits per heavy atom. The Morgan fingerprint density at radius 3 is 2.35 bits per heavy atom. The molecule has 3 rings (SSSR count). The first-order valence-electron chi connectivity index (χ1n) is 5.91. The van der Waals surface area contributed by atoms with E-state index in [1.54, 1.807) is 6.07 Å². The van der Waals surface area contributed by atoms with Crippen molar-refractivity contribution < 1.29 is 5.11 Å². The lowest BCUT2D eigenvalue weighted by atomic mass is 10.0. The number of hydrogen-bond acceptors (Lipinski definition) is 0. The van der Waals surface area contributed by atoms with E-state index in [-0.39, 0.29) is 5.75 Å². The summed E-state index contributed by atoms with van der Waals surface area (Å²) in [5.41, 5.74) is 1.67. The summed E-state index contributed by atoms with van der Waals surface area (Å²) in [7, 11) is 0. The van der Waals surface area contributed by atoms with Gasteiger partial charge < -0.3 is 0 Å². The van der Waals surface area contributed by atoms with Crippen molar-refractivity contribution in [1.82, 2.24) is 0 Å². The largest absolute Gasteiger partial charge is 0.289 e. The van der Waals surface area contributed by atoms with Crippen LogP contribution in [0.15, 0.2) is 57.5 Å². The third-order valence-electron chi connectivity index (χ3n) is 3.15. The van der Waals surface area contributed by atoms with Crippen LogP contribution in [0, 0.1) is 0 Å². The fourth-order valence-corrected chi connectivity index (χ4v) is 3.50. The predicted octanol–water partition coefficient (Wildman–Crippen LogP) is 6.83. The van der Waals surface area contributed by atoms with Crippen molar-refractivity contribution in [2.75, 3.05) is 0 Å². The van der Waals surface area contributed by atoms with Gasteiger partial charge in [-0.2, -0.15) is 0 Å². The first-order chi connectivity index (χ1) is 9.56. The lowest BCUT2D eigenvalue weighted by Gasteiger charge is -2.09. The average Bonchev–Trinajstić information content (AvgIpc) is 2.43. The molecule has 0 unspecified atom stereocenters. The van der Waals surface area contributed by atoms with Gasteiger partial charge in [0.2, 0.25) is 0 Å². The van der Waals surface area contributed by atoms with Gasteiger partial charge in [-0.3, -0.25) is 5.11 Å². The Morgan fingerprint density at radius 2 is 1.55 bits per heavy atom. The number of rotatable bonds is 1. The highest BCUT2D eigenvalue weighted by Gasteiger charge is 2.13. The normalized spacial score (nSPS) is 10.9. The molecule has 3 aromatic rings. The molecule has 0 amide bonds. The summed E-state index contributed by atoms with van der Waals surface area (Å²) in [4.78, 5) is 0. The van der Waals surface area contributed by atoms with Gasteiger partial charge in [-0.25, -0.2) is 0 Å². The standard InChI is InChI=1S/C16H8Br2ClO/c17-12-4-3-9-7-11(2-1-10(9)8-12)15-13(19)5-6-14(20)16(15)18/h1-8H. The second-order valence-electron chi connectivity index (χ2n) is 4.44. The molecule has 0 aromatic heterocycles. The molecule has 0 aliphatic rings. The molecule has 0 fully saturated rings. The van der Waals surface area contributed by atoms with Gasteiger partial charge in [-0.15, -0.1) is 0 Å². The van der Waals surface area contributed by atoms with Crippen molar-refractivity contribution in [2.24, 2.45) is 0 Å². The van der Waals surface area contributed by atoms with Crippen molar-refractivity contribution in [3.05, 3.63) is 62.5 Å². The van der Waals surface area contributed by atoms with Gasteiger partial charge in [0.25, 0.3) is 0 Å². The highest BCUT2D eigenvalue weighted by Crippen LogP contribution is 2.41. The SMILES string of the molecule is [O]c1ccc(Cl)c(-c2ccc3cc(Br)ccc3c2)c1Br. The van der Waals surface area contributed by atoms with Crippen LogP contribution in [0.5, 0.6) is 5.75 Å². The van der Waals surface area contributed by atoms with Gasteiger partial charge in [0.15, 0.2) is 5.75 Å². The van der Waals surface area contributed by atoms with E-state index in [1.807, 2.05) is 30.3 Å². The van der Waals surface area contributed by atoms with Crippen LogP contribution in [-0.2, 0) is 5.11 Å². The Bertz CT molecular complexity index is 815. The lowest BCUT2D eigenvalue weighted by Crippen LogP contribution is -1.83. The molecule has 20 heavy (non-hydrogen) atoms. The zero-order chi connectivity index (χ0) is 14.3. The van der Waals surface area contributed by atoms with E-state index in [1.165, 1.54) is 6.07 Å². The maximum atomic E-state index is 11.8. The lowest BCUT2D eigenvalue weighted by molar-refractivity contribution is 0.352. The molecule has 0 heterocycles. The van der Waals surface area contributed by atoms with Gasteiger partial charge in [0, 0.05) is 15.1 Å². The summed E-state index contributed by atoms with van der Waals surface area (Å²) in [6.45, 7) is 0. The quantitative estimate of drug-likeness (QED) is 0.418. The summed E-state index contributed by atoms with van der Waals surface area (Å²) >= 11 is 13.0. The Balaban J connectivity index is 2.25. The molecule has 99 valence electrons. The molecular weight excluding hydrogens is 403 g/mol. The molecule has 4 heteroatoms. The molecule has 0 saturated carbocycles. The minimum atomic E-state index is -0.0692. The number of halogens is 3. The minimum Gasteiger partial charge on any atom is -0.289 e. The van der Waals surface area contributed by atoms with E-state index >= 15 is 0 Å². The summed E-state index contributed by atoms with van der Waals surface area (Å²) in [5, 5.41) is 14.6. The van der Waals surface area contributed by atoms with Crippen LogP contribution in [0.25, 0.3) is 21.9 Å². The summed E-state index contributed by atoms with van der Waals surface area (Å²) < 4.78 is 1.54. The Kier molecular flexibility index (Phi) is 3.76. The van der Waals surface area contributed by atoms with Crippen molar-refractivity contribution in [3.63, 3.8) is 0 Å². The highest BCUT2D eigenvalue weighted by atomic mass is 79.9. The molecular formula is C16H8Br2ClO. The fourth-order valence-electron chi connectivity index (χ4n) is 2.17. The molecule has 0 saturated heterocycles. The molecule has 0 spiro atoms. The number of hydrogen-bond donors (Lipinski definition) is 0. The third kappa shape index (κ3) is 2.46. The Labute approximate surface area is 138 Å². The van der Waals surface area contributed by atoms with Gasteiger partial charge in [0.1, 0.15) is 0 Å². The topological polar surface area (TPSA) is 19.9 Å². The molecule has 3 aromatic carbocycles.